The second-order valence-corrected chi connectivity index (χ2v) is 7.15. The van der Waals surface area contributed by atoms with Gasteiger partial charge in [-0.1, -0.05) is 24.3 Å². The van der Waals surface area contributed by atoms with Crippen molar-refractivity contribution in [2.45, 2.75) is 11.3 Å². The van der Waals surface area contributed by atoms with Gasteiger partial charge >= 0.3 is 5.97 Å². The average Bonchev–Trinajstić information content (AvgIpc) is 3.02. The van der Waals surface area contributed by atoms with Crippen LogP contribution in [0.15, 0.2) is 59.6 Å². The first-order valence-corrected chi connectivity index (χ1v) is 8.90. The Hall–Kier alpha value is -2.93. The number of esters is 1. The molecule has 0 fully saturated rings. The number of carbonyl (C=O) groups excluding carboxylic acids is 2. The van der Waals surface area contributed by atoms with Crippen molar-refractivity contribution >= 4 is 33.2 Å². The summed E-state index contributed by atoms with van der Waals surface area (Å²) in [6, 6.07) is 12.7. The first-order chi connectivity index (χ1) is 12.0. The van der Waals surface area contributed by atoms with E-state index < -0.39 is 16.0 Å². The Morgan fingerprint density at radius 2 is 1.84 bits per heavy atom. The molecule has 1 heterocycles. The molecule has 0 aliphatic carbocycles. The number of rotatable bonds is 5. The number of benzene rings is 2. The second-order valence-electron chi connectivity index (χ2n) is 5.33. The van der Waals surface area contributed by atoms with Crippen LogP contribution in [0.1, 0.15) is 15.9 Å². The van der Waals surface area contributed by atoms with Crippen LogP contribution in [-0.2, 0) is 26.0 Å². The zero-order chi connectivity index (χ0) is 18.0. The van der Waals surface area contributed by atoms with E-state index in [-0.39, 0.29) is 16.9 Å². The summed E-state index contributed by atoms with van der Waals surface area (Å²) in [5.74, 6) is -0.590. The summed E-state index contributed by atoms with van der Waals surface area (Å²) in [5.41, 5.74) is 0.993. The van der Waals surface area contributed by atoms with E-state index in [9.17, 15) is 18.0 Å². The van der Waals surface area contributed by atoms with E-state index in [1.54, 1.807) is 36.4 Å². The largest absolute Gasteiger partial charge is 0.465 e. The van der Waals surface area contributed by atoms with Crippen LogP contribution >= 0.6 is 0 Å². The summed E-state index contributed by atoms with van der Waals surface area (Å²) in [5, 5.41) is 0.404. The molecule has 0 spiro atoms. The Morgan fingerprint density at radius 1 is 1.12 bits per heavy atom. The van der Waals surface area contributed by atoms with Gasteiger partial charge in [-0.25, -0.2) is 17.2 Å². The highest BCUT2D eigenvalue weighted by atomic mass is 32.2. The number of hydrogen-bond acceptors (Lipinski definition) is 5. The Labute approximate surface area is 144 Å². The molecule has 0 amide bonds. The SMILES string of the molecule is COC(=O)c1cccc2c1c(CC=O)cn2S(=O)(=O)c1ccccc1. The molecule has 6 nitrogen and oxygen atoms in total. The van der Waals surface area contributed by atoms with E-state index in [1.165, 1.54) is 25.4 Å². The van der Waals surface area contributed by atoms with E-state index in [1.807, 2.05) is 0 Å². The number of carbonyl (C=O) groups is 2. The standard InChI is InChI=1S/C18H15NO5S/c1-24-18(21)15-8-5-9-16-17(15)13(10-11-20)12-19(16)25(22,23)14-6-3-2-4-7-14/h2-9,11-12H,10H2,1H3. The van der Waals surface area contributed by atoms with Crippen LogP contribution in [0.5, 0.6) is 0 Å². The zero-order valence-corrected chi connectivity index (χ0v) is 14.2. The van der Waals surface area contributed by atoms with Crippen molar-refractivity contribution in [3.05, 3.63) is 65.9 Å². The highest BCUT2D eigenvalue weighted by Crippen LogP contribution is 2.29. The molecule has 0 radical (unpaired) electrons. The third kappa shape index (κ3) is 2.83. The zero-order valence-electron chi connectivity index (χ0n) is 13.4. The fraction of sp³-hybridized carbons (Fsp3) is 0.111. The van der Waals surface area contributed by atoms with Gasteiger partial charge in [0.25, 0.3) is 10.0 Å². The highest BCUT2D eigenvalue weighted by Gasteiger charge is 2.24. The Balaban J connectivity index is 2.35. The lowest BCUT2D eigenvalue weighted by Crippen LogP contribution is -2.12. The Kier molecular flexibility index (Phi) is 4.41. The summed E-state index contributed by atoms with van der Waals surface area (Å²) in [7, 11) is -2.62. The minimum Gasteiger partial charge on any atom is -0.465 e. The van der Waals surface area contributed by atoms with Crippen LogP contribution in [0.25, 0.3) is 10.9 Å². The third-order valence-electron chi connectivity index (χ3n) is 3.88. The maximum Gasteiger partial charge on any atom is 0.338 e. The van der Waals surface area contributed by atoms with Crippen LogP contribution in [0, 0.1) is 0 Å². The molecule has 0 unspecified atom stereocenters. The summed E-state index contributed by atoms with van der Waals surface area (Å²) in [4.78, 5) is 23.2. The van der Waals surface area contributed by atoms with Crippen LogP contribution in [-0.4, -0.2) is 31.8 Å². The van der Waals surface area contributed by atoms with Gasteiger partial charge in [0.2, 0.25) is 0 Å². The van der Waals surface area contributed by atoms with E-state index in [0.717, 1.165) is 3.97 Å². The van der Waals surface area contributed by atoms with Gasteiger partial charge in [-0.2, -0.15) is 0 Å². The molecule has 2 aromatic carbocycles. The smallest absolute Gasteiger partial charge is 0.338 e. The first-order valence-electron chi connectivity index (χ1n) is 7.46. The fourth-order valence-corrected chi connectivity index (χ4v) is 4.17. The van der Waals surface area contributed by atoms with E-state index in [0.29, 0.717) is 22.8 Å². The van der Waals surface area contributed by atoms with Crippen molar-refractivity contribution in [2.75, 3.05) is 7.11 Å². The van der Waals surface area contributed by atoms with Crippen molar-refractivity contribution in [3.63, 3.8) is 0 Å². The Morgan fingerprint density at radius 3 is 2.48 bits per heavy atom. The second kappa shape index (κ2) is 6.52. The van der Waals surface area contributed by atoms with Crippen LogP contribution in [0.2, 0.25) is 0 Å². The van der Waals surface area contributed by atoms with Gasteiger partial charge in [0.1, 0.15) is 6.29 Å². The van der Waals surface area contributed by atoms with Crippen molar-refractivity contribution in [2.24, 2.45) is 0 Å². The van der Waals surface area contributed by atoms with Gasteiger partial charge in [0.05, 0.1) is 23.1 Å². The lowest BCUT2D eigenvalue weighted by Gasteiger charge is -2.08. The quantitative estimate of drug-likeness (QED) is 0.517. The van der Waals surface area contributed by atoms with Crippen molar-refractivity contribution in [1.82, 2.24) is 3.97 Å². The van der Waals surface area contributed by atoms with Crippen LogP contribution < -0.4 is 0 Å². The normalized spacial score (nSPS) is 11.4. The first kappa shape index (κ1) is 16.9. The molecule has 7 heteroatoms. The van der Waals surface area contributed by atoms with Gasteiger partial charge in [0, 0.05) is 18.0 Å². The monoisotopic (exact) mass is 357 g/mol. The van der Waals surface area contributed by atoms with Crippen LogP contribution in [0.3, 0.4) is 0 Å². The highest BCUT2D eigenvalue weighted by molar-refractivity contribution is 7.90. The molecule has 0 aliphatic heterocycles. The molecule has 25 heavy (non-hydrogen) atoms. The van der Waals surface area contributed by atoms with Crippen molar-refractivity contribution in [3.8, 4) is 0 Å². The minimum absolute atomic E-state index is 0.0121. The summed E-state index contributed by atoms with van der Waals surface area (Å²) < 4.78 is 31.8. The summed E-state index contributed by atoms with van der Waals surface area (Å²) >= 11 is 0. The van der Waals surface area contributed by atoms with Crippen LogP contribution in [0.4, 0.5) is 0 Å². The molecule has 0 N–H and O–H groups in total. The predicted molar refractivity (Wildman–Crippen MR) is 92.1 cm³/mol. The number of aromatic nitrogens is 1. The average molecular weight is 357 g/mol. The van der Waals surface area contributed by atoms with Gasteiger partial charge in [-0.15, -0.1) is 0 Å². The van der Waals surface area contributed by atoms with E-state index in [4.69, 9.17) is 4.74 Å². The van der Waals surface area contributed by atoms with Gasteiger partial charge < -0.3 is 9.53 Å². The molecule has 128 valence electrons. The van der Waals surface area contributed by atoms with Gasteiger partial charge in [0.15, 0.2) is 0 Å². The predicted octanol–water partition coefficient (Wildman–Crippen LogP) is 2.41. The molecule has 0 aliphatic rings. The van der Waals surface area contributed by atoms with Gasteiger partial charge in [-0.3, -0.25) is 0 Å². The summed E-state index contributed by atoms with van der Waals surface area (Å²) in [6.07, 6.45) is 2.04. The lowest BCUT2D eigenvalue weighted by molar-refractivity contribution is -0.107. The number of fused-ring (bicyclic) bond motifs is 1. The summed E-state index contributed by atoms with van der Waals surface area (Å²) in [6.45, 7) is 0. The minimum atomic E-state index is -3.86. The molecule has 0 saturated carbocycles. The molecule has 0 bridgehead atoms. The Bertz CT molecular complexity index is 1050. The number of methoxy groups -OCH3 is 1. The number of aldehydes is 1. The third-order valence-corrected chi connectivity index (χ3v) is 5.57. The number of hydrogen-bond donors (Lipinski definition) is 0. The molecule has 0 saturated heterocycles. The molecule has 0 atom stereocenters. The van der Waals surface area contributed by atoms with Crippen molar-refractivity contribution in [1.29, 1.82) is 0 Å². The topological polar surface area (TPSA) is 82.4 Å². The number of ether oxygens (including phenoxy) is 1. The molecule has 3 rings (SSSR count). The maximum absolute atomic E-state index is 13.0. The molecule has 1 aromatic heterocycles. The molecular formula is C18H15NO5S. The van der Waals surface area contributed by atoms with E-state index in [2.05, 4.69) is 0 Å². The molecular weight excluding hydrogens is 342 g/mol. The van der Waals surface area contributed by atoms with Crippen molar-refractivity contribution < 1.29 is 22.7 Å². The lowest BCUT2D eigenvalue weighted by atomic mass is 10.0. The van der Waals surface area contributed by atoms with E-state index >= 15 is 0 Å². The maximum atomic E-state index is 13.0. The fourth-order valence-electron chi connectivity index (χ4n) is 2.77. The van der Waals surface area contributed by atoms with Gasteiger partial charge in [-0.05, 0) is 29.8 Å². The molecule has 3 aromatic rings. The number of nitrogens with zero attached hydrogens (tertiary/aromatic N) is 1.